The molecular weight excluding hydrogens is 400 g/mol. The van der Waals surface area contributed by atoms with E-state index in [1.807, 2.05) is 0 Å². The van der Waals surface area contributed by atoms with Gasteiger partial charge in [-0.3, -0.25) is 19.9 Å². The van der Waals surface area contributed by atoms with Crippen LogP contribution in [0.3, 0.4) is 0 Å². The Labute approximate surface area is 177 Å². The van der Waals surface area contributed by atoms with Crippen LogP contribution in [-0.2, 0) is 0 Å². The third kappa shape index (κ3) is 5.39. The molecule has 0 N–H and O–H groups in total. The average Bonchev–Trinajstić information content (AvgIpc) is 2.78. The number of nitro benzene ring substituents is 1. The second-order valence-corrected chi connectivity index (χ2v) is 6.46. The summed E-state index contributed by atoms with van der Waals surface area (Å²) in [5, 5.41) is 11.5. The maximum atomic E-state index is 12.3. The number of benzene rings is 3. The third-order valence-electron chi connectivity index (χ3n) is 4.34. The van der Waals surface area contributed by atoms with Gasteiger partial charge in [0, 0.05) is 17.8 Å². The van der Waals surface area contributed by atoms with Gasteiger partial charge in [-0.05, 0) is 73.2 Å². The summed E-state index contributed by atoms with van der Waals surface area (Å²) in [4.78, 5) is 38.7. The van der Waals surface area contributed by atoms with Crippen molar-refractivity contribution in [2.24, 2.45) is 4.99 Å². The molecule has 3 aromatic carbocycles. The van der Waals surface area contributed by atoms with Crippen LogP contribution in [0.4, 0.5) is 11.4 Å². The maximum Gasteiger partial charge on any atom is 0.343 e. The normalized spacial score (nSPS) is 10.6. The lowest BCUT2D eigenvalue weighted by Crippen LogP contribution is -2.10. The molecule has 0 saturated heterocycles. The molecule has 0 aromatic heterocycles. The van der Waals surface area contributed by atoms with E-state index in [1.54, 1.807) is 42.5 Å². The molecule has 0 heterocycles. The van der Waals surface area contributed by atoms with Crippen LogP contribution in [-0.4, -0.2) is 30.0 Å². The summed E-state index contributed by atoms with van der Waals surface area (Å²) in [6, 6.07) is 17.0. The minimum absolute atomic E-state index is 0.0501. The number of rotatable bonds is 7. The Morgan fingerprint density at radius 1 is 0.968 bits per heavy atom. The molecule has 0 spiro atoms. The van der Waals surface area contributed by atoms with Crippen LogP contribution < -0.4 is 9.47 Å². The van der Waals surface area contributed by atoms with Gasteiger partial charge >= 0.3 is 11.7 Å². The Kier molecular flexibility index (Phi) is 6.51. The Hall–Kier alpha value is -4.33. The van der Waals surface area contributed by atoms with E-state index < -0.39 is 10.9 Å². The van der Waals surface area contributed by atoms with Gasteiger partial charge in [-0.25, -0.2) is 4.79 Å². The Bertz CT molecular complexity index is 1150. The lowest BCUT2D eigenvalue weighted by atomic mass is 10.1. The zero-order valence-corrected chi connectivity index (χ0v) is 16.8. The highest BCUT2D eigenvalue weighted by molar-refractivity contribution is 5.94. The zero-order chi connectivity index (χ0) is 22.4. The maximum absolute atomic E-state index is 12.3. The van der Waals surface area contributed by atoms with Crippen molar-refractivity contribution in [3.8, 4) is 11.5 Å². The van der Waals surface area contributed by atoms with E-state index in [0.29, 0.717) is 22.6 Å². The first-order valence-electron chi connectivity index (χ1n) is 9.17. The molecule has 0 radical (unpaired) electrons. The van der Waals surface area contributed by atoms with Gasteiger partial charge in [0.2, 0.25) is 5.75 Å². The molecule has 0 saturated carbocycles. The molecule has 0 aliphatic heterocycles. The molecule has 8 nitrogen and oxygen atoms in total. The zero-order valence-electron chi connectivity index (χ0n) is 16.8. The smallest absolute Gasteiger partial charge is 0.343 e. The second-order valence-electron chi connectivity index (χ2n) is 6.46. The predicted octanol–water partition coefficient (Wildman–Crippen LogP) is 4.78. The van der Waals surface area contributed by atoms with Crippen LogP contribution in [0.15, 0.2) is 71.7 Å². The number of ketones is 1. The van der Waals surface area contributed by atoms with Crippen molar-refractivity contribution in [2.75, 3.05) is 7.11 Å². The van der Waals surface area contributed by atoms with Gasteiger partial charge in [0.05, 0.1) is 23.3 Å². The lowest BCUT2D eigenvalue weighted by Gasteiger charge is -2.06. The van der Waals surface area contributed by atoms with Crippen LogP contribution in [0.5, 0.6) is 11.5 Å². The van der Waals surface area contributed by atoms with E-state index in [0.717, 1.165) is 0 Å². The molecule has 8 heteroatoms. The van der Waals surface area contributed by atoms with Crippen molar-refractivity contribution < 1.29 is 24.0 Å². The van der Waals surface area contributed by atoms with E-state index in [4.69, 9.17) is 9.47 Å². The van der Waals surface area contributed by atoms with Crippen molar-refractivity contribution in [3.63, 3.8) is 0 Å². The van der Waals surface area contributed by atoms with Crippen LogP contribution in [0, 0.1) is 10.1 Å². The molecule has 0 aliphatic rings. The van der Waals surface area contributed by atoms with Gasteiger partial charge in [0.15, 0.2) is 5.78 Å². The molecular formula is C23H18N2O6. The van der Waals surface area contributed by atoms with Gasteiger partial charge in [0.25, 0.3) is 0 Å². The molecule has 31 heavy (non-hydrogen) atoms. The number of nitro groups is 1. The standard InChI is InChI=1S/C23H18N2O6/c1-15(26)17-4-8-19(9-5-17)24-14-16-3-12-22(21(13-16)25(28)29)31-23(27)18-6-10-20(30-2)11-7-18/h3-14H,1-2H3. The van der Waals surface area contributed by atoms with E-state index in [9.17, 15) is 19.7 Å². The predicted molar refractivity (Wildman–Crippen MR) is 115 cm³/mol. The molecule has 0 unspecified atom stereocenters. The summed E-state index contributed by atoms with van der Waals surface area (Å²) in [7, 11) is 1.50. The van der Waals surface area contributed by atoms with Gasteiger partial charge in [0.1, 0.15) is 5.75 Å². The molecule has 0 aliphatic carbocycles. The lowest BCUT2D eigenvalue weighted by molar-refractivity contribution is -0.385. The van der Waals surface area contributed by atoms with Crippen molar-refractivity contribution >= 4 is 29.3 Å². The topological polar surface area (TPSA) is 108 Å². The van der Waals surface area contributed by atoms with Crippen LogP contribution in [0.2, 0.25) is 0 Å². The van der Waals surface area contributed by atoms with Crippen molar-refractivity contribution in [1.82, 2.24) is 0 Å². The summed E-state index contributed by atoms with van der Waals surface area (Å²) in [6.45, 7) is 1.47. The SMILES string of the molecule is COc1ccc(C(=O)Oc2ccc(C=Nc3ccc(C(C)=O)cc3)cc2[N+](=O)[O-])cc1. The van der Waals surface area contributed by atoms with Crippen LogP contribution >= 0.6 is 0 Å². The number of methoxy groups -OCH3 is 1. The van der Waals surface area contributed by atoms with Gasteiger partial charge in [-0.1, -0.05) is 0 Å². The summed E-state index contributed by atoms with van der Waals surface area (Å²) >= 11 is 0. The summed E-state index contributed by atoms with van der Waals surface area (Å²) in [5.74, 6) is -0.375. The molecule has 3 rings (SSSR count). The van der Waals surface area contributed by atoms with Crippen LogP contribution in [0.1, 0.15) is 33.2 Å². The van der Waals surface area contributed by atoms with Gasteiger partial charge < -0.3 is 9.47 Å². The third-order valence-corrected chi connectivity index (χ3v) is 4.34. The Balaban J connectivity index is 1.79. The highest BCUT2D eigenvalue weighted by atomic mass is 16.6. The van der Waals surface area contributed by atoms with E-state index in [2.05, 4.69) is 4.99 Å². The number of ether oxygens (including phenoxy) is 2. The number of aliphatic imine (C=N–C) groups is 1. The second kappa shape index (κ2) is 9.45. The number of carbonyl (C=O) groups excluding carboxylic acids is 2. The minimum atomic E-state index is -0.724. The first-order valence-corrected chi connectivity index (χ1v) is 9.17. The fourth-order valence-electron chi connectivity index (χ4n) is 2.66. The Morgan fingerprint density at radius 2 is 1.61 bits per heavy atom. The van der Waals surface area contributed by atoms with Crippen molar-refractivity contribution in [1.29, 1.82) is 0 Å². The summed E-state index contributed by atoms with van der Waals surface area (Å²) in [6.07, 6.45) is 1.45. The monoisotopic (exact) mass is 418 g/mol. The largest absolute Gasteiger partial charge is 0.497 e. The summed E-state index contributed by atoms with van der Waals surface area (Å²) < 4.78 is 10.3. The minimum Gasteiger partial charge on any atom is -0.497 e. The quantitative estimate of drug-likeness (QED) is 0.136. The number of esters is 1. The number of hydrogen-bond donors (Lipinski definition) is 0. The van der Waals surface area contributed by atoms with E-state index in [1.165, 1.54) is 44.5 Å². The highest BCUT2D eigenvalue weighted by Gasteiger charge is 2.19. The van der Waals surface area contributed by atoms with Gasteiger partial charge in [-0.2, -0.15) is 0 Å². The highest BCUT2D eigenvalue weighted by Crippen LogP contribution is 2.29. The van der Waals surface area contributed by atoms with Crippen LogP contribution in [0.25, 0.3) is 0 Å². The fourth-order valence-corrected chi connectivity index (χ4v) is 2.66. The first kappa shape index (κ1) is 21.4. The fraction of sp³-hybridized carbons (Fsp3) is 0.0870. The van der Waals surface area contributed by atoms with Crippen molar-refractivity contribution in [3.05, 3.63) is 93.5 Å². The number of hydrogen-bond acceptors (Lipinski definition) is 7. The van der Waals surface area contributed by atoms with Gasteiger partial charge in [-0.15, -0.1) is 0 Å². The molecule has 0 atom stereocenters. The number of Topliss-reactive ketones (excluding diaryl/α,β-unsaturated/α-hetero) is 1. The Morgan fingerprint density at radius 3 is 2.19 bits per heavy atom. The van der Waals surface area contributed by atoms with Crippen molar-refractivity contribution in [2.45, 2.75) is 6.92 Å². The molecule has 0 amide bonds. The average molecular weight is 418 g/mol. The number of carbonyl (C=O) groups is 2. The molecule has 3 aromatic rings. The van der Waals surface area contributed by atoms with E-state index in [-0.39, 0.29) is 22.8 Å². The van der Waals surface area contributed by atoms with E-state index >= 15 is 0 Å². The summed E-state index contributed by atoms with van der Waals surface area (Å²) in [5.41, 5.74) is 1.47. The molecule has 0 fully saturated rings. The first-order chi connectivity index (χ1) is 14.9. The molecule has 0 bridgehead atoms. The molecule has 156 valence electrons. The number of nitrogens with zero attached hydrogens (tertiary/aromatic N) is 2.